The van der Waals surface area contributed by atoms with Gasteiger partial charge in [0.2, 0.25) is 10.0 Å². The van der Waals surface area contributed by atoms with E-state index in [2.05, 4.69) is 12.2 Å². The molecule has 1 aromatic carbocycles. The average Bonchev–Trinajstić information content (AvgIpc) is 2.40. The van der Waals surface area contributed by atoms with Crippen LogP contribution in [0, 0.1) is 16.0 Å². The molecule has 1 fully saturated rings. The molecule has 1 aliphatic rings. The van der Waals surface area contributed by atoms with Gasteiger partial charge in [0.15, 0.2) is 0 Å². The van der Waals surface area contributed by atoms with Gasteiger partial charge in [-0.25, -0.2) is 13.6 Å². The van der Waals surface area contributed by atoms with Gasteiger partial charge in [0.25, 0.3) is 5.69 Å². The molecule has 1 aliphatic carbocycles. The standard InChI is InChI=1S/C13H19N3O4S/c1-9-4-2-3-5-11(9)15-12-7-6-10(16(17)18)8-13(12)21(14,19)20/h6-9,11,15H,2-5H2,1H3,(H2,14,19,20). The molecule has 8 heteroatoms. The van der Waals surface area contributed by atoms with E-state index in [0.717, 1.165) is 25.3 Å². The lowest BCUT2D eigenvalue weighted by molar-refractivity contribution is -0.385. The summed E-state index contributed by atoms with van der Waals surface area (Å²) in [5, 5.41) is 19.1. The molecule has 2 unspecified atom stereocenters. The highest BCUT2D eigenvalue weighted by molar-refractivity contribution is 7.89. The Morgan fingerprint density at radius 3 is 2.57 bits per heavy atom. The zero-order chi connectivity index (χ0) is 15.6. The summed E-state index contributed by atoms with van der Waals surface area (Å²) in [4.78, 5) is 9.92. The highest BCUT2D eigenvalue weighted by atomic mass is 32.2. The van der Waals surface area contributed by atoms with Gasteiger partial charge in [-0.15, -0.1) is 0 Å². The summed E-state index contributed by atoms with van der Waals surface area (Å²) in [5.74, 6) is 0.419. The van der Waals surface area contributed by atoms with Gasteiger partial charge in [-0.3, -0.25) is 10.1 Å². The zero-order valence-electron chi connectivity index (χ0n) is 11.8. The molecule has 0 bridgehead atoms. The van der Waals surface area contributed by atoms with Crippen LogP contribution in [0.15, 0.2) is 23.1 Å². The van der Waals surface area contributed by atoms with E-state index in [-0.39, 0.29) is 16.6 Å². The Morgan fingerprint density at radius 1 is 1.33 bits per heavy atom. The van der Waals surface area contributed by atoms with Crippen molar-refractivity contribution in [2.45, 2.75) is 43.5 Å². The molecule has 0 heterocycles. The van der Waals surface area contributed by atoms with Crippen LogP contribution in [0.5, 0.6) is 0 Å². The van der Waals surface area contributed by atoms with Gasteiger partial charge in [0, 0.05) is 18.2 Å². The van der Waals surface area contributed by atoms with Crippen LogP contribution < -0.4 is 10.5 Å². The first-order valence-corrected chi connectivity index (χ1v) is 8.41. The van der Waals surface area contributed by atoms with Gasteiger partial charge in [-0.1, -0.05) is 19.8 Å². The fraction of sp³-hybridized carbons (Fsp3) is 0.538. The second-order valence-corrected chi connectivity index (χ2v) is 7.02. The van der Waals surface area contributed by atoms with Crippen molar-refractivity contribution in [3.8, 4) is 0 Å². The molecule has 0 amide bonds. The normalized spacial score (nSPS) is 22.8. The van der Waals surface area contributed by atoms with E-state index in [1.807, 2.05) is 0 Å². The SMILES string of the molecule is CC1CCCCC1Nc1ccc([N+](=O)[O-])cc1S(N)(=O)=O. The van der Waals surface area contributed by atoms with Gasteiger partial charge in [-0.05, 0) is 24.8 Å². The summed E-state index contributed by atoms with van der Waals surface area (Å²) in [5.41, 5.74) is 0.0446. The van der Waals surface area contributed by atoms with E-state index >= 15 is 0 Å². The Kier molecular flexibility index (Phi) is 4.48. The number of benzene rings is 1. The first-order valence-electron chi connectivity index (χ1n) is 6.87. The summed E-state index contributed by atoms with van der Waals surface area (Å²) in [7, 11) is -4.02. The number of nitrogens with zero attached hydrogens (tertiary/aromatic N) is 1. The number of sulfonamides is 1. The molecule has 0 saturated heterocycles. The Bertz CT molecular complexity index is 645. The Balaban J connectivity index is 2.36. The number of primary sulfonamides is 1. The van der Waals surface area contributed by atoms with E-state index in [1.165, 1.54) is 18.6 Å². The number of hydrogen-bond donors (Lipinski definition) is 2. The van der Waals surface area contributed by atoms with Crippen molar-refractivity contribution < 1.29 is 13.3 Å². The van der Waals surface area contributed by atoms with Crippen LogP contribution in [-0.2, 0) is 10.0 Å². The molecule has 0 aliphatic heterocycles. The molecule has 2 rings (SSSR count). The van der Waals surface area contributed by atoms with Gasteiger partial charge in [0.1, 0.15) is 4.90 Å². The van der Waals surface area contributed by atoms with Gasteiger partial charge in [-0.2, -0.15) is 0 Å². The maximum atomic E-state index is 11.7. The molecule has 116 valence electrons. The summed E-state index contributed by atoms with van der Waals surface area (Å²) < 4.78 is 23.3. The molecule has 0 aromatic heterocycles. The summed E-state index contributed by atoms with van der Waals surface area (Å²) >= 11 is 0. The van der Waals surface area contributed by atoms with Crippen molar-refractivity contribution in [3.63, 3.8) is 0 Å². The second-order valence-electron chi connectivity index (χ2n) is 5.50. The minimum absolute atomic E-state index is 0.153. The molecule has 1 saturated carbocycles. The molecule has 7 nitrogen and oxygen atoms in total. The highest BCUT2D eigenvalue weighted by Gasteiger charge is 2.25. The van der Waals surface area contributed by atoms with Crippen molar-refractivity contribution in [2.75, 3.05) is 5.32 Å². The van der Waals surface area contributed by atoms with Crippen molar-refractivity contribution in [1.82, 2.24) is 0 Å². The first kappa shape index (κ1) is 15.7. The van der Waals surface area contributed by atoms with Crippen LogP contribution >= 0.6 is 0 Å². The fourth-order valence-corrected chi connectivity index (χ4v) is 3.43. The molecule has 0 radical (unpaired) electrons. The Labute approximate surface area is 123 Å². The lowest BCUT2D eigenvalue weighted by atomic mass is 9.86. The summed E-state index contributed by atoms with van der Waals surface area (Å²) in [6.45, 7) is 2.11. The Hall–Kier alpha value is -1.67. The molecule has 1 aromatic rings. The van der Waals surface area contributed by atoms with Crippen LogP contribution in [0.1, 0.15) is 32.6 Å². The van der Waals surface area contributed by atoms with Crippen molar-refractivity contribution in [1.29, 1.82) is 0 Å². The number of anilines is 1. The molecule has 2 atom stereocenters. The van der Waals surface area contributed by atoms with E-state index < -0.39 is 14.9 Å². The minimum Gasteiger partial charge on any atom is -0.381 e. The van der Waals surface area contributed by atoms with Gasteiger partial charge >= 0.3 is 0 Å². The van der Waals surface area contributed by atoms with Crippen LogP contribution in [0.25, 0.3) is 0 Å². The molecule has 21 heavy (non-hydrogen) atoms. The monoisotopic (exact) mass is 313 g/mol. The van der Waals surface area contributed by atoms with Crippen molar-refractivity contribution in [3.05, 3.63) is 28.3 Å². The van der Waals surface area contributed by atoms with Crippen LogP contribution in [-0.4, -0.2) is 19.4 Å². The third-order valence-corrected chi connectivity index (χ3v) is 4.89. The lowest BCUT2D eigenvalue weighted by Gasteiger charge is -2.30. The number of nitro groups is 1. The third-order valence-electron chi connectivity index (χ3n) is 3.93. The minimum atomic E-state index is -4.02. The lowest BCUT2D eigenvalue weighted by Crippen LogP contribution is -2.31. The number of nitrogens with two attached hydrogens (primary N) is 1. The van der Waals surface area contributed by atoms with E-state index in [1.54, 1.807) is 0 Å². The van der Waals surface area contributed by atoms with E-state index in [9.17, 15) is 18.5 Å². The number of rotatable bonds is 4. The number of nitro benzene ring substituents is 1. The summed E-state index contributed by atoms with van der Waals surface area (Å²) in [6, 6.07) is 3.86. The molecular formula is C13H19N3O4S. The van der Waals surface area contributed by atoms with Crippen LogP contribution in [0.2, 0.25) is 0 Å². The van der Waals surface area contributed by atoms with Gasteiger partial charge in [0.05, 0.1) is 10.6 Å². The quantitative estimate of drug-likeness (QED) is 0.653. The van der Waals surface area contributed by atoms with E-state index in [0.29, 0.717) is 11.6 Å². The molecule has 0 spiro atoms. The largest absolute Gasteiger partial charge is 0.381 e. The highest BCUT2D eigenvalue weighted by Crippen LogP contribution is 2.31. The average molecular weight is 313 g/mol. The summed E-state index contributed by atoms with van der Waals surface area (Å²) in [6.07, 6.45) is 4.28. The van der Waals surface area contributed by atoms with Crippen LogP contribution in [0.4, 0.5) is 11.4 Å². The fourth-order valence-electron chi connectivity index (χ4n) is 2.71. The zero-order valence-corrected chi connectivity index (χ0v) is 12.6. The topological polar surface area (TPSA) is 115 Å². The van der Waals surface area contributed by atoms with Crippen molar-refractivity contribution >= 4 is 21.4 Å². The maximum absolute atomic E-state index is 11.7. The second kappa shape index (κ2) is 5.98. The van der Waals surface area contributed by atoms with E-state index in [4.69, 9.17) is 5.14 Å². The molecular weight excluding hydrogens is 294 g/mol. The van der Waals surface area contributed by atoms with Crippen molar-refractivity contribution in [2.24, 2.45) is 11.1 Å². The number of nitrogens with one attached hydrogen (secondary N) is 1. The number of non-ortho nitro benzene ring substituents is 1. The number of hydrogen-bond acceptors (Lipinski definition) is 5. The molecule has 3 N–H and O–H groups in total. The van der Waals surface area contributed by atoms with Gasteiger partial charge < -0.3 is 5.32 Å². The third kappa shape index (κ3) is 3.70. The van der Waals surface area contributed by atoms with Crippen LogP contribution in [0.3, 0.4) is 0 Å². The maximum Gasteiger partial charge on any atom is 0.270 e. The predicted molar refractivity (Wildman–Crippen MR) is 79.5 cm³/mol. The predicted octanol–water partition coefficient (Wildman–Crippen LogP) is 2.23. The first-order chi connectivity index (χ1) is 9.79. The Morgan fingerprint density at radius 2 is 2.00 bits per heavy atom. The smallest absolute Gasteiger partial charge is 0.270 e.